The number of alkyl halides is 3. The summed E-state index contributed by atoms with van der Waals surface area (Å²) in [6.07, 6.45) is -5.58. The van der Waals surface area contributed by atoms with Crippen molar-refractivity contribution in [2.75, 3.05) is 37.7 Å². The predicted molar refractivity (Wildman–Crippen MR) is 61.3 cm³/mol. The molecule has 0 spiro atoms. The van der Waals surface area contributed by atoms with Gasteiger partial charge in [-0.15, -0.1) is 13.2 Å². The monoisotopic (exact) mass is 287 g/mol. The van der Waals surface area contributed by atoms with Gasteiger partial charge in [-0.1, -0.05) is 0 Å². The highest BCUT2D eigenvalue weighted by Gasteiger charge is 2.31. The molecule has 0 N–H and O–H groups in total. The summed E-state index contributed by atoms with van der Waals surface area (Å²) in [6.45, 7) is 2.36. The Hall–Kier alpha value is -0.470. The first-order valence-corrected chi connectivity index (χ1v) is 6.70. The van der Waals surface area contributed by atoms with Crippen LogP contribution in [-0.4, -0.2) is 61.1 Å². The second-order valence-corrected chi connectivity index (χ2v) is 5.13. The van der Waals surface area contributed by atoms with E-state index in [0.29, 0.717) is 0 Å². The van der Waals surface area contributed by atoms with E-state index < -0.39 is 25.0 Å². The molecule has 1 unspecified atom stereocenters. The fraction of sp³-hybridized carbons (Fsp3) is 0.900. The van der Waals surface area contributed by atoms with Crippen LogP contribution in [0.25, 0.3) is 0 Å². The van der Waals surface area contributed by atoms with Crippen LogP contribution >= 0.6 is 11.8 Å². The molecule has 1 fully saturated rings. The highest BCUT2D eigenvalue weighted by molar-refractivity contribution is 7.99. The van der Waals surface area contributed by atoms with Crippen molar-refractivity contribution in [3.8, 4) is 0 Å². The van der Waals surface area contributed by atoms with Crippen LogP contribution in [0.3, 0.4) is 0 Å². The number of thioether (sulfide) groups is 1. The largest absolute Gasteiger partial charge is 0.522 e. The molecule has 18 heavy (non-hydrogen) atoms. The Morgan fingerprint density at radius 2 is 2.00 bits per heavy atom. The summed E-state index contributed by atoms with van der Waals surface area (Å²) < 4.78 is 44.4. The summed E-state index contributed by atoms with van der Waals surface area (Å²) >= 11 is 1.80. The maximum Gasteiger partial charge on any atom is 0.522 e. The third-order valence-electron chi connectivity index (χ3n) is 2.33. The van der Waals surface area contributed by atoms with E-state index in [-0.39, 0.29) is 6.54 Å². The van der Waals surface area contributed by atoms with Crippen molar-refractivity contribution in [3.63, 3.8) is 0 Å². The SMILES string of the molecule is CC(=O)OC(COC(F)(F)F)CN1CCSCC1. The molecule has 0 bridgehead atoms. The zero-order valence-corrected chi connectivity index (χ0v) is 10.9. The van der Waals surface area contributed by atoms with Gasteiger partial charge in [0.1, 0.15) is 6.10 Å². The smallest absolute Gasteiger partial charge is 0.459 e. The Morgan fingerprint density at radius 1 is 1.39 bits per heavy atom. The van der Waals surface area contributed by atoms with Gasteiger partial charge in [-0.3, -0.25) is 14.4 Å². The molecule has 1 aliphatic rings. The molecule has 4 nitrogen and oxygen atoms in total. The predicted octanol–water partition coefficient (Wildman–Crippen LogP) is 1.50. The van der Waals surface area contributed by atoms with E-state index in [9.17, 15) is 18.0 Å². The molecule has 1 saturated heterocycles. The Balaban J connectivity index is 2.41. The zero-order valence-electron chi connectivity index (χ0n) is 10.0. The lowest BCUT2D eigenvalue weighted by molar-refractivity contribution is -0.331. The third-order valence-corrected chi connectivity index (χ3v) is 3.27. The number of carbonyl (C=O) groups excluding carboxylic acids is 1. The maximum absolute atomic E-state index is 12.0. The van der Waals surface area contributed by atoms with Crippen molar-refractivity contribution in [1.82, 2.24) is 4.90 Å². The average molecular weight is 287 g/mol. The molecule has 8 heteroatoms. The lowest BCUT2D eigenvalue weighted by Gasteiger charge is -2.29. The van der Waals surface area contributed by atoms with Gasteiger partial charge in [-0.25, -0.2) is 0 Å². The molecule has 0 aromatic rings. The van der Waals surface area contributed by atoms with Crippen molar-refractivity contribution in [2.24, 2.45) is 0 Å². The number of nitrogens with zero attached hydrogens (tertiary/aromatic N) is 1. The van der Waals surface area contributed by atoms with Crippen LogP contribution in [0.4, 0.5) is 13.2 Å². The number of carbonyl (C=O) groups is 1. The first-order valence-electron chi connectivity index (χ1n) is 5.55. The van der Waals surface area contributed by atoms with E-state index in [1.165, 1.54) is 6.92 Å². The van der Waals surface area contributed by atoms with Gasteiger partial charge >= 0.3 is 12.3 Å². The standard InChI is InChI=1S/C10H16F3NO3S/c1-8(15)17-9(7-16-10(11,12)13)6-14-2-4-18-5-3-14/h9H,2-7H2,1H3. The van der Waals surface area contributed by atoms with Crippen LogP contribution in [-0.2, 0) is 14.3 Å². The van der Waals surface area contributed by atoms with Crippen molar-refractivity contribution < 1.29 is 27.4 Å². The lowest BCUT2D eigenvalue weighted by atomic mass is 10.3. The Kier molecular flexibility index (Phi) is 6.24. The fourth-order valence-corrected chi connectivity index (χ4v) is 2.60. The van der Waals surface area contributed by atoms with Crippen molar-refractivity contribution in [2.45, 2.75) is 19.4 Å². The van der Waals surface area contributed by atoms with Gasteiger partial charge in [0.25, 0.3) is 0 Å². The number of hydrogen-bond donors (Lipinski definition) is 0. The molecule has 0 radical (unpaired) electrons. The number of rotatable bonds is 5. The van der Waals surface area contributed by atoms with E-state index in [0.717, 1.165) is 24.6 Å². The average Bonchev–Trinajstić information content (AvgIpc) is 2.25. The second-order valence-electron chi connectivity index (χ2n) is 3.90. The quantitative estimate of drug-likeness (QED) is 0.717. The van der Waals surface area contributed by atoms with E-state index in [1.807, 2.05) is 4.90 Å². The number of halogens is 3. The molecular formula is C10H16F3NO3S. The Morgan fingerprint density at radius 3 is 2.50 bits per heavy atom. The molecule has 1 heterocycles. The van der Waals surface area contributed by atoms with Crippen LogP contribution in [0.2, 0.25) is 0 Å². The minimum absolute atomic E-state index is 0.274. The highest BCUT2D eigenvalue weighted by atomic mass is 32.2. The first kappa shape index (κ1) is 15.6. The summed E-state index contributed by atoms with van der Waals surface area (Å²) in [5.41, 5.74) is 0. The van der Waals surface area contributed by atoms with Gasteiger partial charge < -0.3 is 4.74 Å². The maximum atomic E-state index is 12.0. The molecule has 1 atom stereocenters. The van der Waals surface area contributed by atoms with E-state index in [4.69, 9.17) is 4.74 Å². The summed E-state index contributed by atoms with van der Waals surface area (Å²) in [5.74, 6) is 1.27. The van der Waals surface area contributed by atoms with Crippen molar-refractivity contribution >= 4 is 17.7 Å². The Bertz CT molecular complexity index is 270. The second kappa shape index (κ2) is 7.20. The van der Waals surface area contributed by atoms with Crippen LogP contribution in [0.5, 0.6) is 0 Å². The fourth-order valence-electron chi connectivity index (χ4n) is 1.62. The Labute approximate surface area is 108 Å². The minimum atomic E-state index is -4.70. The van der Waals surface area contributed by atoms with Gasteiger partial charge in [0.15, 0.2) is 0 Å². The van der Waals surface area contributed by atoms with Gasteiger partial charge in [0, 0.05) is 38.1 Å². The van der Waals surface area contributed by atoms with Crippen LogP contribution < -0.4 is 0 Å². The summed E-state index contributed by atoms with van der Waals surface area (Å²) in [5, 5.41) is 0. The molecular weight excluding hydrogens is 271 g/mol. The van der Waals surface area contributed by atoms with Gasteiger partial charge in [0.05, 0.1) is 6.61 Å². The highest BCUT2D eigenvalue weighted by Crippen LogP contribution is 2.17. The third kappa shape index (κ3) is 7.07. The molecule has 106 valence electrons. The van der Waals surface area contributed by atoms with Gasteiger partial charge in [-0.2, -0.15) is 11.8 Å². The van der Waals surface area contributed by atoms with E-state index in [1.54, 1.807) is 11.8 Å². The number of esters is 1. The topological polar surface area (TPSA) is 38.8 Å². The molecule has 0 aliphatic carbocycles. The molecule has 0 aromatic heterocycles. The minimum Gasteiger partial charge on any atom is -0.459 e. The van der Waals surface area contributed by atoms with Gasteiger partial charge in [-0.05, 0) is 0 Å². The molecule has 1 aliphatic heterocycles. The molecule has 0 saturated carbocycles. The first-order chi connectivity index (χ1) is 8.37. The summed E-state index contributed by atoms with van der Waals surface area (Å²) in [4.78, 5) is 12.8. The van der Waals surface area contributed by atoms with Crippen molar-refractivity contribution in [1.29, 1.82) is 0 Å². The van der Waals surface area contributed by atoms with E-state index >= 15 is 0 Å². The zero-order chi connectivity index (χ0) is 13.6. The van der Waals surface area contributed by atoms with Crippen molar-refractivity contribution in [3.05, 3.63) is 0 Å². The van der Waals surface area contributed by atoms with Crippen LogP contribution in [0.15, 0.2) is 0 Å². The molecule has 0 aromatic carbocycles. The lowest BCUT2D eigenvalue weighted by Crippen LogP contribution is -2.42. The number of hydrogen-bond acceptors (Lipinski definition) is 5. The van der Waals surface area contributed by atoms with Crippen LogP contribution in [0.1, 0.15) is 6.92 Å². The normalized spacial score (nSPS) is 19.6. The summed E-state index contributed by atoms with van der Waals surface area (Å²) in [6, 6.07) is 0. The number of ether oxygens (including phenoxy) is 2. The van der Waals surface area contributed by atoms with E-state index in [2.05, 4.69) is 4.74 Å². The van der Waals surface area contributed by atoms with Crippen LogP contribution in [0, 0.1) is 0 Å². The van der Waals surface area contributed by atoms with Gasteiger partial charge in [0.2, 0.25) is 0 Å². The molecule has 0 amide bonds. The summed E-state index contributed by atoms with van der Waals surface area (Å²) in [7, 11) is 0. The molecule has 1 rings (SSSR count).